The molecular formula is C12H13FINO2. The van der Waals surface area contributed by atoms with Crippen LogP contribution in [0.1, 0.15) is 24.2 Å². The van der Waals surface area contributed by atoms with Gasteiger partial charge in [0.1, 0.15) is 5.82 Å². The number of rotatable bonds is 4. The Labute approximate surface area is 113 Å². The maximum Gasteiger partial charge on any atom is 0.252 e. The van der Waals surface area contributed by atoms with E-state index >= 15 is 0 Å². The molecule has 0 unspecified atom stereocenters. The quantitative estimate of drug-likeness (QED) is 0.670. The van der Waals surface area contributed by atoms with E-state index in [1.54, 1.807) is 13.8 Å². The van der Waals surface area contributed by atoms with Crippen LogP contribution >= 0.6 is 22.6 Å². The number of hydrogen-bond donors (Lipinski definition) is 1. The highest BCUT2D eigenvalue weighted by molar-refractivity contribution is 14.1. The van der Waals surface area contributed by atoms with Crippen LogP contribution in [0.4, 0.5) is 4.39 Å². The minimum Gasteiger partial charge on any atom is -0.340 e. The number of alkyl halides is 1. The van der Waals surface area contributed by atoms with Crippen LogP contribution in [0.25, 0.3) is 0 Å². The Hall–Kier alpha value is -0.980. The van der Waals surface area contributed by atoms with Gasteiger partial charge in [-0.05, 0) is 32.0 Å². The lowest BCUT2D eigenvalue weighted by molar-refractivity contribution is -0.121. The molecule has 0 aromatic heterocycles. The van der Waals surface area contributed by atoms with Crippen molar-refractivity contribution in [1.82, 2.24) is 5.32 Å². The molecule has 0 aliphatic rings. The zero-order valence-electron chi connectivity index (χ0n) is 9.59. The van der Waals surface area contributed by atoms with Gasteiger partial charge in [-0.15, -0.1) is 0 Å². The lowest BCUT2D eigenvalue weighted by Gasteiger charge is -2.23. The maximum absolute atomic E-state index is 12.9. The molecule has 0 spiro atoms. The van der Waals surface area contributed by atoms with Gasteiger partial charge in [-0.2, -0.15) is 0 Å². The molecule has 0 heterocycles. The molecule has 0 radical (unpaired) electrons. The third-order valence-corrected chi connectivity index (χ3v) is 3.02. The van der Waals surface area contributed by atoms with Crippen molar-refractivity contribution in [2.45, 2.75) is 19.4 Å². The largest absolute Gasteiger partial charge is 0.340 e. The van der Waals surface area contributed by atoms with E-state index in [0.717, 1.165) is 6.07 Å². The Balaban J connectivity index is 2.83. The minimum absolute atomic E-state index is 0.0807. The lowest BCUT2D eigenvalue weighted by atomic mass is 10.00. The van der Waals surface area contributed by atoms with E-state index in [9.17, 15) is 14.0 Å². The summed E-state index contributed by atoms with van der Waals surface area (Å²) in [6.07, 6.45) is 0. The van der Waals surface area contributed by atoms with E-state index < -0.39 is 17.3 Å². The SMILES string of the molecule is CC(C)(NC(=O)c1cccc(F)c1)C(=O)CI. The molecule has 0 bridgehead atoms. The highest BCUT2D eigenvalue weighted by Crippen LogP contribution is 2.10. The van der Waals surface area contributed by atoms with Gasteiger partial charge in [0.15, 0.2) is 5.78 Å². The molecule has 1 aromatic rings. The summed E-state index contributed by atoms with van der Waals surface area (Å²) >= 11 is 1.94. The second-order valence-electron chi connectivity index (χ2n) is 4.15. The lowest BCUT2D eigenvalue weighted by Crippen LogP contribution is -2.50. The predicted octanol–water partition coefficient (Wildman–Crippen LogP) is 2.34. The number of ketones is 1. The van der Waals surface area contributed by atoms with Crippen LogP contribution in [-0.4, -0.2) is 21.7 Å². The number of Topliss-reactive ketones (excluding diaryl/α,β-unsaturated/α-hetero) is 1. The molecule has 92 valence electrons. The molecule has 5 heteroatoms. The summed E-state index contributed by atoms with van der Waals surface area (Å²) in [6, 6.07) is 5.36. The predicted molar refractivity (Wildman–Crippen MR) is 71.8 cm³/mol. The second-order valence-corrected chi connectivity index (χ2v) is 4.91. The number of halogens is 2. The second kappa shape index (κ2) is 5.57. The van der Waals surface area contributed by atoms with Crippen LogP contribution in [0, 0.1) is 5.82 Å². The minimum atomic E-state index is -0.940. The summed E-state index contributed by atoms with van der Waals surface area (Å²) < 4.78 is 13.3. The van der Waals surface area contributed by atoms with Gasteiger partial charge in [-0.3, -0.25) is 9.59 Å². The standard InChI is InChI=1S/C12H13FINO2/c1-12(2,10(16)7-14)15-11(17)8-4-3-5-9(13)6-8/h3-6H,7H2,1-2H3,(H,15,17). The van der Waals surface area contributed by atoms with Crippen LogP contribution in [0.5, 0.6) is 0 Å². The molecule has 1 rings (SSSR count). The molecule has 1 aromatic carbocycles. The average Bonchev–Trinajstić information content (AvgIpc) is 2.27. The van der Waals surface area contributed by atoms with E-state index in [2.05, 4.69) is 5.32 Å². The number of nitrogens with one attached hydrogen (secondary N) is 1. The van der Waals surface area contributed by atoms with Crippen molar-refractivity contribution < 1.29 is 14.0 Å². The molecule has 0 atom stereocenters. The molecule has 0 saturated carbocycles. The van der Waals surface area contributed by atoms with Gasteiger partial charge in [0.2, 0.25) is 0 Å². The van der Waals surface area contributed by atoms with Gasteiger partial charge in [-0.25, -0.2) is 4.39 Å². The summed E-state index contributed by atoms with van der Waals surface area (Å²) in [4.78, 5) is 23.4. The Kier molecular flexibility index (Phi) is 4.62. The average molecular weight is 349 g/mol. The van der Waals surface area contributed by atoms with Crippen molar-refractivity contribution in [1.29, 1.82) is 0 Å². The summed E-state index contributed by atoms with van der Waals surface area (Å²) in [5.74, 6) is -1.01. The van der Waals surface area contributed by atoms with Gasteiger partial charge in [0, 0.05) is 5.56 Å². The first-order valence-electron chi connectivity index (χ1n) is 5.04. The summed E-state index contributed by atoms with van der Waals surface area (Å²) in [5.41, 5.74) is -0.732. The van der Waals surface area contributed by atoms with E-state index in [1.165, 1.54) is 18.2 Å². The van der Waals surface area contributed by atoms with Crippen molar-refractivity contribution in [3.05, 3.63) is 35.6 Å². The fraction of sp³-hybridized carbons (Fsp3) is 0.333. The monoisotopic (exact) mass is 349 g/mol. The third kappa shape index (κ3) is 3.76. The summed E-state index contributed by atoms with van der Waals surface area (Å²) in [5, 5.41) is 2.59. The van der Waals surface area contributed by atoms with E-state index in [-0.39, 0.29) is 11.3 Å². The van der Waals surface area contributed by atoms with E-state index in [1.807, 2.05) is 22.6 Å². The van der Waals surface area contributed by atoms with Crippen LogP contribution < -0.4 is 5.32 Å². The van der Waals surface area contributed by atoms with E-state index in [0.29, 0.717) is 4.43 Å². The summed E-state index contributed by atoms with van der Waals surface area (Å²) in [6.45, 7) is 3.26. The van der Waals surface area contributed by atoms with Crippen LogP contribution in [0.3, 0.4) is 0 Å². The Morgan fingerprint density at radius 1 is 1.41 bits per heavy atom. The molecule has 1 N–H and O–H groups in total. The molecule has 1 amide bonds. The first-order valence-corrected chi connectivity index (χ1v) is 6.56. The molecular weight excluding hydrogens is 336 g/mol. The zero-order valence-corrected chi connectivity index (χ0v) is 11.7. The highest BCUT2D eigenvalue weighted by Gasteiger charge is 2.28. The molecule has 0 aliphatic carbocycles. The van der Waals surface area contributed by atoms with Crippen LogP contribution in [-0.2, 0) is 4.79 Å². The topological polar surface area (TPSA) is 46.2 Å². The van der Waals surface area contributed by atoms with Gasteiger partial charge >= 0.3 is 0 Å². The molecule has 17 heavy (non-hydrogen) atoms. The number of carbonyl (C=O) groups is 2. The molecule has 0 saturated heterocycles. The van der Waals surface area contributed by atoms with Crippen molar-refractivity contribution in [2.24, 2.45) is 0 Å². The van der Waals surface area contributed by atoms with Crippen LogP contribution in [0.2, 0.25) is 0 Å². The number of hydrogen-bond acceptors (Lipinski definition) is 2. The molecule has 0 fully saturated rings. The first-order chi connectivity index (χ1) is 7.86. The Morgan fingerprint density at radius 3 is 2.59 bits per heavy atom. The van der Waals surface area contributed by atoms with Crippen LogP contribution in [0.15, 0.2) is 24.3 Å². The highest BCUT2D eigenvalue weighted by atomic mass is 127. The molecule has 0 aliphatic heterocycles. The maximum atomic E-state index is 12.9. The Morgan fingerprint density at radius 2 is 2.06 bits per heavy atom. The van der Waals surface area contributed by atoms with Gasteiger partial charge in [-0.1, -0.05) is 28.7 Å². The Bertz CT molecular complexity index is 446. The van der Waals surface area contributed by atoms with E-state index in [4.69, 9.17) is 0 Å². The smallest absolute Gasteiger partial charge is 0.252 e. The normalized spacial score (nSPS) is 11.1. The first kappa shape index (κ1) is 14.1. The van der Waals surface area contributed by atoms with Crippen molar-refractivity contribution >= 4 is 34.3 Å². The third-order valence-electron chi connectivity index (χ3n) is 2.33. The zero-order chi connectivity index (χ0) is 13.1. The number of amides is 1. The fourth-order valence-electron chi connectivity index (χ4n) is 1.22. The van der Waals surface area contributed by atoms with Crippen molar-refractivity contribution in [2.75, 3.05) is 4.43 Å². The van der Waals surface area contributed by atoms with Gasteiger partial charge < -0.3 is 5.32 Å². The number of benzene rings is 1. The number of carbonyl (C=O) groups excluding carboxylic acids is 2. The van der Waals surface area contributed by atoms with Crippen molar-refractivity contribution in [3.8, 4) is 0 Å². The molecule has 3 nitrogen and oxygen atoms in total. The van der Waals surface area contributed by atoms with Gasteiger partial charge in [0.25, 0.3) is 5.91 Å². The van der Waals surface area contributed by atoms with Gasteiger partial charge in [0.05, 0.1) is 9.97 Å². The van der Waals surface area contributed by atoms with Crippen molar-refractivity contribution in [3.63, 3.8) is 0 Å². The summed E-state index contributed by atoms with van der Waals surface area (Å²) in [7, 11) is 0. The fourth-order valence-corrected chi connectivity index (χ4v) is 2.18.